The molecule has 13 heavy (non-hydrogen) atoms. The van der Waals surface area contributed by atoms with E-state index in [4.69, 9.17) is 0 Å². The summed E-state index contributed by atoms with van der Waals surface area (Å²) in [6.07, 6.45) is 0.516. The predicted molar refractivity (Wildman–Crippen MR) is 45.0 cm³/mol. The molecule has 1 amide bonds. The number of benzene rings is 1. The van der Waals surface area contributed by atoms with Gasteiger partial charge in [-0.25, -0.2) is 0 Å². The van der Waals surface area contributed by atoms with Crippen molar-refractivity contribution < 1.29 is 14.4 Å². The van der Waals surface area contributed by atoms with E-state index in [1.165, 1.54) is 18.2 Å². The van der Waals surface area contributed by atoms with Gasteiger partial charge in [-0.1, -0.05) is 10.5 Å². The van der Waals surface area contributed by atoms with E-state index in [1.54, 1.807) is 0 Å². The maximum Gasteiger partial charge on any atom is 0.255 e. The summed E-state index contributed by atoms with van der Waals surface area (Å²) in [5.41, 5.74) is 0.667. The fourth-order valence-corrected chi connectivity index (χ4v) is 1.47. The third-order valence-corrected chi connectivity index (χ3v) is 2.15. The van der Waals surface area contributed by atoms with Crippen LogP contribution in [0.15, 0.2) is 18.2 Å². The van der Waals surface area contributed by atoms with Crippen molar-refractivity contribution in [1.29, 1.82) is 0 Å². The summed E-state index contributed by atoms with van der Waals surface area (Å²) in [5.74, 6) is -0.509. The van der Waals surface area contributed by atoms with E-state index in [0.29, 0.717) is 12.0 Å². The zero-order valence-electron chi connectivity index (χ0n) is 6.83. The highest BCUT2D eigenvalue weighted by molar-refractivity contribution is 5.94. The lowest BCUT2D eigenvalue weighted by atomic mass is 10.0. The Morgan fingerprint density at radius 2 is 2.15 bits per heavy atom. The molecule has 3 nitrogen and oxygen atoms in total. The highest BCUT2D eigenvalue weighted by Crippen LogP contribution is 2.33. The number of amides is 1. The number of carbonyl (C=O) groups is 1. The third kappa shape index (κ3) is 1.14. The number of fused-ring (bicyclic) bond motifs is 1. The van der Waals surface area contributed by atoms with Crippen LogP contribution in [0, 0.1) is 0 Å². The number of halogens is 1. The first-order valence-electron chi connectivity index (χ1n) is 4.00. The van der Waals surface area contributed by atoms with Crippen molar-refractivity contribution in [1.82, 2.24) is 0 Å². The first-order chi connectivity index (χ1) is 6.20. The average Bonchev–Trinajstić information content (AvgIpc) is 2.12. The summed E-state index contributed by atoms with van der Waals surface area (Å²) < 4.78 is 13.1. The van der Waals surface area contributed by atoms with Gasteiger partial charge in [0, 0.05) is 12.0 Å². The molecule has 0 aliphatic carbocycles. The summed E-state index contributed by atoms with van der Waals surface area (Å²) in [6.45, 7) is 0. The van der Waals surface area contributed by atoms with E-state index >= 15 is 0 Å². The monoisotopic (exact) mass is 181 g/mol. The maximum absolute atomic E-state index is 13.1. The Bertz CT molecular complexity index is 365. The standard InChI is InChI=1S/C9H8FNO2/c10-11-7-2-1-3-8(12)6(7)4-5-9(11)13/h1-3,12H,4-5H2. The molecule has 68 valence electrons. The number of aromatic hydroxyl groups is 1. The molecule has 1 aliphatic heterocycles. The van der Waals surface area contributed by atoms with Gasteiger partial charge in [0.25, 0.3) is 5.91 Å². The Morgan fingerprint density at radius 3 is 2.92 bits per heavy atom. The number of nitrogens with zero attached hydrogens (tertiary/aromatic N) is 1. The minimum atomic E-state index is -0.557. The number of anilines is 1. The molecule has 1 aromatic rings. The number of hydrogen-bond acceptors (Lipinski definition) is 2. The van der Waals surface area contributed by atoms with Crippen LogP contribution in [0.2, 0.25) is 0 Å². The number of phenolic OH excluding ortho intramolecular Hbond substituents is 1. The van der Waals surface area contributed by atoms with Crippen LogP contribution < -0.4 is 5.12 Å². The van der Waals surface area contributed by atoms with Crippen LogP contribution in [0.25, 0.3) is 0 Å². The molecule has 0 fully saturated rings. The van der Waals surface area contributed by atoms with Crippen molar-refractivity contribution in [2.75, 3.05) is 5.12 Å². The van der Waals surface area contributed by atoms with Crippen LogP contribution in [0.3, 0.4) is 0 Å². The highest BCUT2D eigenvalue weighted by atomic mass is 19.2. The number of carbonyl (C=O) groups excluding carboxylic acids is 1. The summed E-state index contributed by atoms with van der Waals surface area (Å²) in [5, 5.41) is 9.45. The Hall–Kier alpha value is -1.58. The predicted octanol–water partition coefficient (Wildman–Crippen LogP) is 1.56. The van der Waals surface area contributed by atoms with Gasteiger partial charge in [0.15, 0.2) is 0 Å². The molecule has 0 spiro atoms. The maximum atomic E-state index is 13.1. The van der Waals surface area contributed by atoms with Crippen molar-refractivity contribution in [2.45, 2.75) is 12.8 Å². The fourth-order valence-electron chi connectivity index (χ4n) is 1.47. The Labute approximate surface area is 74.3 Å². The van der Waals surface area contributed by atoms with E-state index < -0.39 is 5.91 Å². The summed E-state index contributed by atoms with van der Waals surface area (Å²) in [7, 11) is 0. The number of phenols is 1. The van der Waals surface area contributed by atoms with Crippen molar-refractivity contribution in [3.63, 3.8) is 0 Å². The summed E-state index contributed by atoms with van der Waals surface area (Å²) in [4.78, 5) is 10.9. The summed E-state index contributed by atoms with van der Waals surface area (Å²) >= 11 is 0. The zero-order chi connectivity index (χ0) is 9.42. The molecule has 0 radical (unpaired) electrons. The Balaban J connectivity index is 2.55. The second-order valence-electron chi connectivity index (χ2n) is 2.95. The van der Waals surface area contributed by atoms with Gasteiger partial charge in [-0.3, -0.25) is 4.79 Å². The first kappa shape index (κ1) is 8.04. The van der Waals surface area contributed by atoms with Crippen LogP contribution in [0.4, 0.5) is 10.2 Å². The molecule has 0 aromatic heterocycles. The smallest absolute Gasteiger partial charge is 0.255 e. The normalized spacial score (nSPS) is 15.8. The van der Waals surface area contributed by atoms with Crippen molar-refractivity contribution in [2.24, 2.45) is 0 Å². The van der Waals surface area contributed by atoms with Gasteiger partial charge in [-0.05, 0) is 18.6 Å². The van der Waals surface area contributed by atoms with Crippen LogP contribution in [-0.4, -0.2) is 11.0 Å². The molecule has 0 saturated carbocycles. The first-order valence-corrected chi connectivity index (χ1v) is 4.00. The van der Waals surface area contributed by atoms with Crippen molar-refractivity contribution in [3.8, 4) is 5.75 Å². The highest BCUT2D eigenvalue weighted by Gasteiger charge is 2.25. The molecule has 0 saturated heterocycles. The number of rotatable bonds is 0. The van der Waals surface area contributed by atoms with Crippen LogP contribution in [-0.2, 0) is 11.2 Å². The Morgan fingerprint density at radius 1 is 1.38 bits per heavy atom. The molecule has 0 atom stereocenters. The molecule has 1 aliphatic rings. The van der Waals surface area contributed by atoms with Gasteiger partial charge in [0.2, 0.25) is 0 Å². The van der Waals surface area contributed by atoms with E-state index in [9.17, 15) is 14.4 Å². The Kier molecular flexibility index (Phi) is 1.69. The van der Waals surface area contributed by atoms with Gasteiger partial charge in [0.05, 0.1) is 5.69 Å². The molecular formula is C9H8FNO2. The minimum absolute atomic E-state index is 0.0488. The second kappa shape index (κ2) is 2.73. The molecule has 1 N–H and O–H groups in total. The zero-order valence-corrected chi connectivity index (χ0v) is 6.83. The van der Waals surface area contributed by atoms with E-state index in [2.05, 4.69) is 0 Å². The SMILES string of the molecule is O=C1CCc2c(O)cccc2N1F. The molecule has 1 heterocycles. The second-order valence-corrected chi connectivity index (χ2v) is 2.95. The molecular weight excluding hydrogens is 173 g/mol. The minimum Gasteiger partial charge on any atom is -0.508 e. The fraction of sp³-hybridized carbons (Fsp3) is 0.222. The summed E-state index contributed by atoms with van der Waals surface area (Å²) in [6, 6.07) is 4.48. The van der Waals surface area contributed by atoms with E-state index in [1.807, 2.05) is 0 Å². The van der Waals surface area contributed by atoms with Gasteiger partial charge >= 0.3 is 0 Å². The third-order valence-electron chi connectivity index (χ3n) is 2.15. The van der Waals surface area contributed by atoms with Gasteiger partial charge < -0.3 is 5.11 Å². The van der Waals surface area contributed by atoms with Crippen LogP contribution in [0.5, 0.6) is 5.75 Å². The quantitative estimate of drug-likeness (QED) is 0.617. The average molecular weight is 181 g/mol. The lowest BCUT2D eigenvalue weighted by Gasteiger charge is -2.21. The topological polar surface area (TPSA) is 40.5 Å². The van der Waals surface area contributed by atoms with Crippen LogP contribution >= 0.6 is 0 Å². The molecule has 0 unspecified atom stereocenters. The molecule has 1 aromatic carbocycles. The van der Waals surface area contributed by atoms with Gasteiger partial charge in [-0.15, -0.1) is 5.12 Å². The lowest BCUT2D eigenvalue weighted by Crippen LogP contribution is -2.27. The largest absolute Gasteiger partial charge is 0.508 e. The molecule has 0 bridgehead atoms. The van der Waals surface area contributed by atoms with Gasteiger partial charge in [-0.2, -0.15) is 0 Å². The molecule has 4 heteroatoms. The van der Waals surface area contributed by atoms with Crippen LogP contribution in [0.1, 0.15) is 12.0 Å². The lowest BCUT2D eigenvalue weighted by molar-refractivity contribution is -0.121. The van der Waals surface area contributed by atoms with Crippen molar-refractivity contribution >= 4 is 11.6 Å². The van der Waals surface area contributed by atoms with Gasteiger partial charge in [0.1, 0.15) is 5.75 Å². The molecule has 2 rings (SSSR count). The van der Waals surface area contributed by atoms with Crippen molar-refractivity contribution in [3.05, 3.63) is 23.8 Å². The van der Waals surface area contributed by atoms with E-state index in [-0.39, 0.29) is 23.0 Å². The van der Waals surface area contributed by atoms with E-state index in [0.717, 1.165) is 0 Å². The number of hydrogen-bond donors (Lipinski definition) is 1.